The lowest BCUT2D eigenvalue weighted by atomic mass is 9.90. The second-order valence-corrected chi connectivity index (χ2v) is 4.40. The van der Waals surface area contributed by atoms with Gasteiger partial charge in [-0.1, -0.05) is 18.2 Å². The molecule has 0 bridgehead atoms. The van der Waals surface area contributed by atoms with Gasteiger partial charge in [0.25, 0.3) is 0 Å². The van der Waals surface area contributed by atoms with E-state index in [-0.39, 0.29) is 0 Å². The van der Waals surface area contributed by atoms with E-state index in [9.17, 15) is 0 Å². The van der Waals surface area contributed by atoms with Crippen molar-refractivity contribution in [1.82, 2.24) is 5.32 Å². The second kappa shape index (κ2) is 6.62. The van der Waals surface area contributed by atoms with Crippen LogP contribution in [0, 0.1) is 0 Å². The summed E-state index contributed by atoms with van der Waals surface area (Å²) in [6, 6.07) is 8.39. The predicted molar refractivity (Wildman–Crippen MR) is 68.7 cm³/mol. The van der Waals surface area contributed by atoms with E-state index >= 15 is 0 Å². The molecule has 17 heavy (non-hydrogen) atoms. The van der Waals surface area contributed by atoms with E-state index in [0.717, 1.165) is 38.5 Å². The Kier molecular flexibility index (Phi) is 4.83. The molecule has 1 atom stereocenters. The molecule has 94 valence electrons. The number of hydrogen-bond donors (Lipinski definition) is 1. The molecule has 0 fully saturated rings. The molecule has 1 aromatic carbocycles. The fraction of sp³-hybridized carbons (Fsp3) is 0.571. The molecule has 2 rings (SSSR count). The van der Waals surface area contributed by atoms with E-state index in [4.69, 9.17) is 9.47 Å². The summed E-state index contributed by atoms with van der Waals surface area (Å²) in [4.78, 5) is 0. The molecule has 0 radical (unpaired) electrons. The SMILES string of the molecule is COCCNCCC1CCOc2ccccc21. The Labute approximate surface area is 103 Å². The maximum Gasteiger partial charge on any atom is 0.122 e. The molecular formula is C14H21NO2. The maximum atomic E-state index is 5.66. The molecule has 0 aliphatic carbocycles. The first kappa shape index (κ1) is 12.4. The summed E-state index contributed by atoms with van der Waals surface area (Å²) in [6.45, 7) is 3.61. The number of fused-ring (bicyclic) bond motifs is 1. The van der Waals surface area contributed by atoms with Gasteiger partial charge in [-0.25, -0.2) is 0 Å². The number of para-hydroxylation sites is 1. The first-order valence-corrected chi connectivity index (χ1v) is 6.33. The minimum Gasteiger partial charge on any atom is -0.493 e. The van der Waals surface area contributed by atoms with Gasteiger partial charge < -0.3 is 14.8 Å². The molecule has 0 saturated carbocycles. The van der Waals surface area contributed by atoms with Crippen LogP contribution < -0.4 is 10.1 Å². The van der Waals surface area contributed by atoms with Gasteiger partial charge in [0.2, 0.25) is 0 Å². The number of methoxy groups -OCH3 is 1. The Bertz CT molecular complexity index is 341. The third kappa shape index (κ3) is 3.45. The molecule has 3 nitrogen and oxygen atoms in total. The van der Waals surface area contributed by atoms with Crippen molar-refractivity contribution in [3.8, 4) is 5.75 Å². The molecule has 1 unspecified atom stereocenters. The number of nitrogens with one attached hydrogen (secondary N) is 1. The molecule has 1 aliphatic rings. The van der Waals surface area contributed by atoms with Gasteiger partial charge in [-0.3, -0.25) is 0 Å². The molecule has 1 heterocycles. The highest BCUT2D eigenvalue weighted by Gasteiger charge is 2.20. The standard InChI is InChI=1S/C14H21NO2/c1-16-11-9-15-8-6-12-7-10-17-14-5-3-2-4-13(12)14/h2-5,12,15H,6-11H2,1H3. The van der Waals surface area contributed by atoms with E-state index in [1.807, 2.05) is 6.07 Å². The predicted octanol–water partition coefficient (Wildman–Crippen LogP) is 2.18. The minimum atomic E-state index is 0.634. The average Bonchev–Trinajstić information content (AvgIpc) is 2.39. The van der Waals surface area contributed by atoms with Crippen LogP contribution in [0.5, 0.6) is 5.75 Å². The highest BCUT2D eigenvalue weighted by Crippen LogP contribution is 2.34. The molecule has 1 aromatic rings. The minimum absolute atomic E-state index is 0.634. The van der Waals surface area contributed by atoms with Crippen LogP contribution >= 0.6 is 0 Å². The van der Waals surface area contributed by atoms with Crippen molar-refractivity contribution in [2.45, 2.75) is 18.8 Å². The lowest BCUT2D eigenvalue weighted by Crippen LogP contribution is -2.23. The number of benzene rings is 1. The summed E-state index contributed by atoms with van der Waals surface area (Å²) >= 11 is 0. The van der Waals surface area contributed by atoms with E-state index < -0.39 is 0 Å². The van der Waals surface area contributed by atoms with Gasteiger partial charge in [0.1, 0.15) is 5.75 Å². The van der Waals surface area contributed by atoms with Crippen LogP contribution in [0.25, 0.3) is 0 Å². The van der Waals surface area contributed by atoms with Crippen molar-refractivity contribution in [1.29, 1.82) is 0 Å². The fourth-order valence-corrected chi connectivity index (χ4v) is 2.29. The lowest BCUT2D eigenvalue weighted by molar-refractivity contribution is 0.198. The van der Waals surface area contributed by atoms with Crippen LogP contribution in [0.1, 0.15) is 24.3 Å². The Balaban J connectivity index is 1.82. The number of rotatable bonds is 6. The molecular weight excluding hydrogens is 214 g/mol. The summed E-state index contributed by atoms with van der Waals surface area (Å²) in [6.07, 6.45) is 2.30. The Morgan fingerprint density at radius 2 is 2.24 bits per heavy atom. The molecule has 1 N–H and O–H groups in total. The third-order valence-electron chi connectivity index (χ3n) is 3.24. The van der Waals surface area contributed by atoms with Crippen LogP contribution in [-0.4, -0.2) is 33.4 Å². The molecule has 0 amide bonds. The van der Waals surface area contributed by atoms with Crippen LogP contribution in [0.15, 0.2) is 24.3 Å². The highest BCUT2D eigenvalue weighted by atomic mass is 16.5. The van der Waals surface area contributed by atoms with Gasteiger partial charge in [-0.2, -0.15) is 0 Å². The topological polar surface area (TPSA) is 30.5 Å². The molecule has 0 aromatic heterocycles. The van der Waals surface area contributed by atoms with Gasteiger partial charge in [0.05, 0.1) is 13.2 Å². The summed E-state index contributed by atoms with van der Waals surface area (Å²) in [7, 11) is 1.73. The van der Waals surface area contributed by atoms with Crippen molar-refractivity contribution >= 4 is 0 Å². The normalized spacial score (nSPS) is 18.5. The third-order valence-corrected chi connectivity index (χ3v) is 3.24. The zero-order chi connectivity index (χ0) is 11.9. The Hall–Kier alpha value is -1.06. The van der Waals surface area contributed by atoms with Gasteiger partial charge in [-0.05, 0) is 36.9 Å². The first-order valence-electron chi connectivity index (χ1n) is 6.33. The largest absolute Gasteiger partial charge is 0.493 e. The van der Waals surface area contributed by atoms with Gasteiger partial charge >= 0.3 is 0 Å². The molecule has 0 spiro atoms. The Morgan fingerprint density at radius 3 is 3.12 bits per heavy atom. The first-order chi connectivity index (χ1) is 8.42. The average molecular weight is 235 g/mol. The van der Waals surface area contributed by atoms with Crippen LogP contribution in [0.3, 0.4) is 0 Å². The van der Waals surface area contributed by atoms with Gasteiger partial charge in [-0.15, -0.1) is 0 Å². The van der Waals surface area contributed by atoms with Crippen molar-refractivity contribution in [3.05, 3.63) is 29.8 Å². The summed E-state index contributed by atoms with van der Waals surface area (Å²) in [5.41, 5.74) is 1.37. The summed E-state index contributed by atoms with van der Waals surface area (Å²) in [5, 5.41) is 3.40. The highest BCUT2D eigenvalue weighted by molar-refractivity contribution is 5.37. The fourth-order valence-electron chi connectivity index (χ4n) is 2.29. The maximum absolute atomic E-state index is 5.66. The van der Waals surface area contributed by atoms with Gasteiger partial charge in [0, 0.05) is 13.7 Å². The monoisotopic (exact) mass is 235 g/mol. The zero-order valence-corrected chi connectivity index (χ0v) is 10.4. The van der Waals surface area contributed by atoms with Crippen molar-refractivity contribution in [3.63, 3.8) is 0 Å². The van der Waals surface area contributed by atoms with E-state index in [0.29, 0.717) is 5.92 Å². The molecule has 3 heteroatoms. The van der Waals surface area contributed by atoms with Gasteiger partial charge in [0.15, 0.2) is 0 Å². The van der Waals surface area contributed by atoms with E-state index in [2.05, 4.69) is 23.5 Å². The van der Waals surface area contributed by atoms with Crippen molar-refractivity contribution < 1.29 is 9.47 Å². The van der Waals surface area contributed by atoms with E-state index in [1.54, 1.807) is 7.11 Å². The van der Waals surface area contributed by atoms with E-state index in [1.165, 1.54) is 12.0 Å². The number of ether oxygens (including phenoxy) is 2. The molecule has 1 aliphatic heterocycles. The Morgan fingerprint density at radius 1 is 1.35 bits per heavy atom. The number of hydrogen-bond acceptors (Lipinski definition) is 3. The quantitative estimate of drug-likeness (QED) is 0.767. The summed E-state index contributed by atoms with van der Waals surface area (Å²) < 4.78 is 10.7. The molecule has 0 saturated heterocycles. The zero-order valence-electron chi connectivity index (χ0n) is 10.4. The van der Waals surface area contributed by atoms with Crippen LogP contribution in [0.2, 0.25) is 0 Å². The van der Waals surface area contributed by atoms with Crippen molar-refractivity contribution in [2.75, 3.05) is 33.4 Å². The van der Waals surface area contributed by atoms with Crippen molar-refractivity contribution in [2.24, 2.45) is 0 Å². The second-order valence-electron chi connectivity index (χ2n) is 4.40. The van der Waals surface area contributed by atoms with Crippen LogP contribution in [0.4, 0.5) is 0 Å². The smallest absolute Gasteiger partial charge is 0.122 e. The lowest BCUT2D eigenvalue weighted by Gasteiger charge is -2.25. The summed E-state index contributed by atoms with van der Waals surface area (Å²) in [5.74, 6) is 1.70. The van der Waals surface area contributed by atoms with Crippen LogP contribution in [-0.2, 0) is 4.74 Å².